The van der Waals surface area contributed by atoms with Crippen LogP contribution in [0.25, 0.3) is 0 Å². The van der Waals surface area contributed by atoms with E-state index >= 15 is 0 Å². The molecule has 0 bridgehead atoms. The SMILES string of the molecule is CCCC1CCC(c2nccc(CNC)n2)CC1. The molecular formula is C15H25N3. The number of hydrogen-bond acceptors (Lipinski definition) is 3. The maximum atomic E-state index is 4.68. The van der Waals surface area contributed by atoms with Gasteiger partial charge >= 0.3 is 0 Å². The van der Waals surface area contributed by atoms with Gasteiger partial charge in [-0.05, 0) is 44.7 Å². The normalized spacial score (nSPS) is 24.1. The van der Waals surface area contributed by atoms with Crippen LogP contribution < -0.4 is 5.32 Å². The average molecular weight is 247 g/mol. The molecule has 1 saturated carbocycles. The Morgan fingerprint density at radius 3 is 2.72 bits per heavy atom. The topological polar surface area (TPSA) is 37.8 Å². The monoisotopic (exact) mass is 247 g/mol. The summed E-state index contributed by atoms with van der Waals surface area (Å²) in [6, 6.07) is 2.00. The van der Waals surface area contributed by atoms with Gasteiger partial charge in [0.15, 0.2) is 0 Å². The van der Waals surface area contributed by atoms with Crippen LogP contribution in [-0.2, 0) is 6.54 Å². The second kappa shape index (κ2) is 6.83. The Balaban J connectivity index is 1.94. The van der Waals surface area contributed by atoms with Crippen LogP contribution >= 0.6 is 0 Å². The Morgan fingerprint density at radius 2 is 2.06 bits per heavy atom. The highest BCUT2D eigenvalue weighted by atomic mass is 14.9. The van der Waals surface area contributed by atoms with Crippen molar-refractivity contribution < 1.29 is 0 Å². The Labute approximate surface area is 110 Å². The van der Waals surface area contributed by atoms with Crippen molar-refractivity contribution in [1.82, 2.24) is 15.3 Å². The molecule has 1 aromatic heterocycles. The van der Waals surface area contributed by atoms with Gasteiger partial charge in [0.1, 0.15) is 5.82 Å². The van der Waals surface area contributed by atoms with E-state index in [4.69, 9.17) is 0 Å². The highest BCUT2D eigenvalue weighted by Crippen LogP contribution is 2.35. The lowest BCUT2D eigenvalue weighted by Gasteiger charge is -2.27. The van der Waals surface area contributed by atoms with Gasteiger partial charge in [-0.15, -0.1) is 0 Å². The summed E-state index contributed by atoms with van der Waals surface area (Å²) in [6.45, 7) is 3.12. The van der Waals surface area contributed by atoms with Crippen LogP contribution in [-0.4, -0.2) is 17.0 Å². The summed E-state index contributed by atoms with van der Waals surface area (Å²) < 4.78 is 0. The molecule has 0 aliphatic heterocycles. The van der Waals surface area contributed by atoms with E-state index in [0.29, 0.717) is 5.92 Å². The summed E-state index contributed by atoms with van der Waals surface area (Å²) in [5.41, 5.74) is 1.11. The van der Waals surface area contributed by atoms with Gasteiger partial charge in [-0.1, -0.05) is 19.8 Å². The van der Waals surface area contributed by atoms with Crippen LogP contribution in [0.15, 0.2) is 12.3 Å². The summed E-state index contributed by atoms with van der Waals surface area (Å²) >= 11 is 0. The standard InChI is InChI=1S/C15H25N3/c1-3-4-12-5-7-13(8-6-12)15-17-10-9-14(18-15)11-16-2/h9-10,12-13,16H,3-8,11H2,1-2H3. The second-order valence-corrected chi connectivity index (χ2v) is 5.44. The molecule has 0 spiro atoms. The van der Waals surface area contributed by atoms with Gasteiger partial charge in [0.25, 0.3) is 0 Å². The quantitative estimate of drug-likeness (QED) is 0.867. The Bertz CT molecular complexity index is 357. The Hall–Kier alpha value is -0.960. The van der Waals surface area contributed by atoms with Gasteiger partial charge in [-0.2, -0.15) is 0 Å². The third-order valence-corrected chi connectivity index (χ3v) is 4.00. The van der Waals surface area contributed by atoms with E-state index in [1.807, 2.05) is 19.3 Å². The molecule has 3 heteroatoms. The minimum Gasteiger partial charge on any atom is -0.314 e. The van der Waals surface area contributed by atoms with E-state index in [1.54, 1.807) is 0 Å². The molecule has 0 amide bonds. The zero-order chi connectivity index (χ0) is 12.8. The first-order valence-corrected chi connectivity index (χ1v) is 7.30. The van der Waals surface area contributed by atoms with Crippen molar-refractivity contribution in [2.24, 2.45) is 5.92 Å². The zero-order valence-electron chi connectivity index (χ0n) is 11.7. The summed E-state index contributed by atoms with van der Waals surface area (Å²) in [6.07, 6.45) is 9.89. The van der Waals surface area contributed by atoms with Crippen LogP contribution in [0.4, 0.5) is 0 Å². The number of rotatable bonds is 5. The molecule has 0 radical (unpaired) electrons. The summed E-state index contributed by atoms with van der Waals surface area (Å²) in [7, 11) is 1.96. The first-order chi connectivity index (χ1) is 8.83. The Kier molecular flexibility index (Phi) is 5.12. The molecule has 0 saturated heterocycles. The van der Waals surface area contributed by atoms with Crippen molar-refractivity contribution >= 4 is 0 Å². The van der Waals surface area contributed by atoms with Crippen molar-refractivity contribution in [2.75, 3.05) is 7.05 Å². The number of nitrogens with one attached hydrogen (secondary N) is 1. The first kappa shape index (κ1) is 13.5. The summed E-state index contributed by atoms with van der Waals surface area (Å²) in [4.78, 5) is 9.16. The molecule has 2 rings (SSSR count). The van der Waals surface area contributed by atoms with Gasteiger partial charge in [-0.25, -0.2) is 9.97 Å². The third kappa shape index (κ3) is 3.52. The molecule has 1 N–H and O–H groups in total. The van der Waals surface area contributed by atoms with E-state index in [0.717, 1.165) is 24.0 Å². The summed E-state index contributed by atoms with van der Waals surface area (Å²) in [5, 5.41) is 3.15. The van der Waals surface area contributed by atoms with Crippen LogP contribution in [0.3, 0.4) is 0 Å². The molecule has 1 aliphatic carbocycles. The molecule has 3 nitrogen and oxygen atoms in total. The summed E-state index contributed by atoms with van der Waals surface area (Å²) in [5.74, 6) is 2.61. The third-order valence-electron chi connectivity index (χ3n) is 4.00. The van der Waals surface area contributed by atoms with Crippen LogP contribution in [0, 0.1) is 5.92 Å². The van der Waals surface area contributed by atoms with Gasteiger partial charge in [0.05, 0.1) is 5.69 Å². The molecule has 0 unspecified atom stereocenters. The van der Waals surface area contributed by atoms with Crippen LogP contribution in [0.2, 0.25) is 0 Å². The smallest absolute Gasteiger partial charge is 0.131 e. The number of aromatic nitrogens is 2. The minimum absolute atomic E-state index is 0.593. The molecule has 0 aromatic carbocycles. The van der Waals surface area contributed by atoms with E-state index in [1.165, 1.54) is 38.5 Å². The fraction of sp³-hybridized carbons (Fsp3) is 0.733. The fourth-order valence-corrected chi connectivity index (χ4v) is 3.01. The lowest BCUT2D eigenvalue weighted by molar-refractivity contribution is 0.302. The lowest BCUT2D eigenvalue weighted by Crippen LogP contribution is -2.16. The Morgan fingerprint density at radius 1 is 1.28 bits per heavy atom. The minimum atomic E-state index is 0.593. The van der Waals surface area contributed by atoms with Gasteiger partial charge in [0, 0.05) is 18.7 Å². The van der Waals surface area contributed by atoms with E-state index < -0.39 is 0 Å². The van der Waals surface area contributed by atoms with Crippen molar-refractivity contribution in [3.05, 3.63) is 23.8 Å². The fourth-order valence-electron chi connectivity index (χ4n) is 3.01. The largest absolute Gasteiger partial charge is 0.314 e. The molecular weight excluding hydrogens is 222 g/mol. The van der Waals surface area contributed by atoms with Crippen molar-refractivity contribution in [2.45, 2.75) is 57.9 Å². The molecule has 1 aromatic rings. The molecule has 18 heavy (non-hydrogen) atoms. The molecule has 0 atom stereocenters. The predicted molar refractivity (Wildman–Crippen MR) is 74.4 cm³/mol. The van der Waals surface area contributed by atoms with Crippen LogP contribution in [0.5, 0.6) is 0 Å². The van der Waals surface area contributed by atoms with Crippen molar-refractivity contribution in [3.8, 4) is 0 Å². The van der Waals surface area contributed by atoms with E-state index in [2.05, 4.69) is 22.2 Å². The van der Waals surface area contributed by atoms with Crippen molar-refractivity contribution in [3.63, 3.8) is 0 Å². The number of hydrogen-bond donors (Lipinski definition) is 1. The second-order valence-electron chi connectivity index (χ2n) is 5.44. The van der Waals surface area contributed by atoms with E-state index in [-0.39, 0.29) is 0 Å². The maximum Gasteiger partial charge on any atom is 0.131 e. The average Bonchev–Trinajstić information content (AvgIpc) is 2.41. The van der Waals surface area contributed by atoms with Gasteiger partial charge in [-0.3, -0.25) is 0 Å². The first-order valence-electron chi connectivity index (χ1n) is 7.30. The molecule has 1 aliphatic rings. The molecule has 100 valence electrons. The van der Waals surface area contributed by atoms with Crippen molar-refractivity contribution in [1.29, 1.82) is 0 Å². The van der Waals surface area contributed by atoms with E-state index in [9.17, 15) is 0 Å². The highest BCUT2D eigenvalue weighted by Gasteiger charge is 2.23. The lowest BCUT2D eigenvalue weighted by atomic mass is 9.80. The molecule has 1 heterocycles. The van der Waals surface area contributed by atoms with Gasteiger partial charge in [0.2, 0.25) is 0 Å². The molecule has 1 fully saturated rings. The number of nitrogens with zero attached hydrogens (tertiary/aromatic N) is 2. The zero-order valence-corrected chi connectivity index (χ0v) is 11.7. The maximum absolute atomic E-state index is 4.68. The van der Waals surface area contributed by atoms with Gasteiger partial charge < -0.3 is 5.32 Å². The highest BCUT2D eigenvalue weighted by molar-refractivity contribution is 5.06. The predicted octanol–water partition coefficient (Wildman–Crippen LogP) is 3.27. The van der Waals surface area contributed by atoms with Crippen LogP contribution in [0.1, 0.15) is 62.9 Å².